The Balaban J connectivity index is 2.48. The van der Waals surface area contributed by atoms with E-state index in [-0.39, 0.29) is 5.92 Å². The van der Waals surface area contributed by atoms with Gasteiger partial charge in [0.15, 0.2) is 0 Å². The molecule has 6 heteroatoms. The number of hydrogen-bond donors (Lipinski definition) is 1. The van der Waals surface area contributed by atoms with Crippen molar-refractivity contribution >= 4 is 0 Å². The molecule has 1 aliphatic rings. The molecule has 2 rings (SSSR count). The summed E-state index contributed by atoms with van der Waals surface area (Å²) in [4.78, 5) is 24.1. The van der Waals surface area contributed by atoms with E-state index in [0.29, 0.717) is 6.61 Å². The molecule has 1 fully saturated rings. The van der Waals surface area contributed by atoms with E-state index in [0.717, 1.165) is 17.2 Å². The Kier molecular flexibility index (Phi) is 2.44. The molecule has 1 aromatic rings. The Morgan fingerprint density at radius 3 is 2.93 bits per heavy atom. The summed E-state index contributed by atoms with van der Waals surface area (Å²) < 4.78 is 19.4. The molecule has 1 aliphatic heterocycles. The summed E-state index contributed by atoms with van der Waals surface area (Å²) in [6.07, 6.45) is 1.23. The Labute approximate surface area is 84.5 Å². The fourth-order valence-electron chi connectivity index (χ4n) is 1.69. The minimum atomic E-state index is -0.998. The largest absolute Gasteiger partial charge is 0.358 e. The third-order valence-electron chi connectivity index (χ3n) is 2.55. The number of aromatic nitrogens is 2. The second-order valence-electron chi connectivity index (χ2n) is 3.67. The molecule has 2 heterocycles. The molecule has 5 nitrogen and oxygen atoms in total. The van der Waals surface area contributed by atoms with E-state index in [1.165, 1.54) is 0 Å². The molecule has 82 valence electrons. The van der Waals surface area contributed by atoms with E-state index in [9.17, 15) is 14.0 Å². The lowest BCUT2D eigenvalue weighted by molar-refractivity contribution is 0.0318. The van der Waals surface area contributed by atoms with E-state index in [1.54, 1.807) is 0 Å². The SMILES string of the molecule is CC1CCOC1n1cc(F)c(=O)[nH]c1=O. The van der Waals surface area contributed by atoms with Crippen molar-refractivity contribution in [3.05, 3.63) is 32.9 Å². The van der Waals surface area contributed by atoms with Crippen LogP contribution in [0.25, 0.3) is 0 Å². The third kappa shape index (κ3) is 1.72. The van der Waals surface area contributed by atoms with Crippen LogP contribution in [0.5, 0.6) is 0 Å². The summed E-state index contributed by atoms with van der Waals surface area (Å²) in [5.41, 5.74) is -1.64. The monoisotopic (exact) mass is 214 g/mol. The summed E-state index contributed by atoms with van der Waals surface area (Å²) in [5, 5.41) is 0. The molecule has 0 radical (unpaired) electrons. The highest BCUT2D eigenvalue weighted by molar-refractivity contribution is 4.89. The Bertz CT molecular complexity index is 479. The Hall–Kier alpha value is -1.43. The van der Waals surface area contributed by atoms with Crippen molar-refractivity contribution in [1.82, 2.24) is 9.55 Å². The first kappa shape index (κ1) is 10.1. The molecule has 0 saturated carbocycles. The normalized spacial score (nSPS) is 25.7. The van der Waals surface area contributed by atoms with Crippen LogP contribution in [0, 0.1) is 11.7 Å². The molecular weight excluding hydrogens is 203 g/mol. The number of hydrogen-bond acceptors (Lipinski definition) is 3. The molecule has 2 unspecified atom stereocenters. The molecule has 0 amide bonds. The molecule has 15 heavy (non-hydrogen) atoms. The van der Waals surface area contributed by atoms with Crippen LogP contribution < -0.4 is 11.2 Å². The first-order chi connectivity index (χ1) is 7.09. The van der Waals surface area contributed by atoms with Crippen molar-refractivity contribution < 1.29 is 9.13 Å². The van der Waals surface area contributed by atoms with Gasteiger partial charge in [-0.25, -0.2) is 4.79 Å². The predicted octanol–water partition coefficient (Wildman–Crippen LogP) is 0.231. The molecule has 2 atom stereocenters. The maximum Gasteiger partial charge on any atom is 0.330 e. The molecule has 0 aliphatic carbocycles. The highest BCUT2D eigenvalue weighted by Crippen LogP contribution is 2.27. The molecule has 1 saturated heterocycles. The first-order valence-electron chi connectivity index (χ1n) is 4.72. The van der Waals surface area contributed by atoms with Crippen molar-refractivity contribution in [2.75, 3.05) is 6.61 Å². The van der Waals surface area contributed by atoms with Crippen LogP contribution >= 0.6 is 0 Å². The lowest BCUT2D eigenvalue weighted by atomic mass is 10.1. The summed E-state index contributed by atoms with van der Waals surface area (Å²) in [6.45, 7) is 2.45. The molecule has 0 bridgehead atoms. The molecule has 0 spiro atoms. The van der Waals surface area contributed by atoms with Gasteiger partial charge in [-0.05, 0) is 6.42 Å². The zero-order valence-electron chi connectivity index (χ0n) is 8.20. The summed E-state index contributed by atoms with van der Waals surface area (Å²) in [6, 6.07) is 0. The second-order valence-corrected chi connectivity index (χ2v) is 3.67. The van der Waals surface area contributed by atoms with Crippen molar-refractivity contribution in [2.45, 2.75) is 19.6 Å². The standard InChI is InChI=1S/C9H11FN2O3/c1-5-2-3-15-8(5)12-4-6(10)7(13)11-9(12)14/h4-5,8H,2-3H2,1H3,(H,11,13,14). The molecule has 1 N–H and O–H groups in total. The van der Waals surface area contributed by atoms with Gasteiger partial charge in [-0.15, -0.1) is 0 Å². The van der Waals surface area contributed by atoms with Crippen molar-refractivity contribution in [3.63, 3.8) is 0 Å². The smallest absolute Gasteiger partial charge is 0.330 e. The predicted molar refractivity (Wildman–Crippen MR) is 50.1 cm³/mol. The van der Waals surface area contributed by atoms with Gasteiger partial charge in [-0.1, -0.05) is 6.92 Å². The summed E-state index contributed by atoms with van der Waals surface area (Å²) in [5.74, 6) is -0.842. The number of H-pyrrole nitrogens is 1. The lowest BCUT2D eigenvalue weighted by Gasteiger charge is -2.16. The van der Waals surface area contributed by atoms with Crippen LogP contribution in [0.15, 0.2) is 15.8 Å². The summed E-state index contributed by atoms with van der Waals surface area (Å²) in [7, 11) is 0. The highest BCUT2D eigenvalue weighted by Gasteiger charge is 2.27. The van der Waals surface area contributed by atoms with Gasteiger partial charge in [0.05, 0.1) is 6.20 Å². The van der Waals surface area contributed by atoms with E-state index in [4.69, 9.17) is 4.74 Å². The van der Waals surface area contributed by atoms with Gasteiger partial charge in [0, 0.05) is 12.5 Å². The topological polar surface area (TPSA) is 64.1 Å². The van der Waals surface area contributed by atoms with Gasteiger partial charge in [0.2, 0.25) is 5.82 Å². The number of ether oxygens (including phenoxy) is 1. The van der Waals surface area contributed by atoms with Crippen molar-refractivity contribution in [1.29, 1.82) is 0 Å². The third-order valence-corrected chi connectivity index (χ3v) is 2.55. The van der Waals surface area contributed by atoms with Gasteiger partial charge >= 0.3 is 5.69 Å². The number of rotatable bonds is 1. The fourth-order valence-corrected chi connectivity index (χ4v) is 1.69. The van der Waals surface area contributed by atoms with Crippen LogP contribution in [0.2, 0.25) is 0 Å². The van der Waals surface area contributed by atoms with Crippen LogP contribution in [0.1, 0.15) is 19.6 Å². The lowest BCUT2D eigenvalue weighted by Crippen LogP contribution is -2.35. The van der Waals surface area contributed by atoms with Crippen LogP contribution in [-0.2, 0) is 4.74 Å². The summed E-state index contributed by atoms with van der Waals surface area (Å²) >= 11 is 0. The fraction of sp³-hybridized carbons (Fsp3) is 0.556. The van der Waals surface area contributed by atoms with Gasteiger partial charge < -0.3 is 4.74 Å². The second kappa shape index (κ2) is 3.62. The Morgan fingerprint density at radius 2 is 2.33 bits per heavy atom. The highest BCUT2D eigenvalue weighted by atomic mass is 19.1. The van der Waals surface area contributed by atoms with Gasteiger partial charge in [0.25, 0.3) is 5.56 Å². The average Bonchev–Trinajstić information content (AvgIpc) is 2.58. The van der Waals surface area contributed by atoms with Crippen molar-refractivity contribution in [3.8, 4) is 0 Å². The van der Waals surface area contributed by atoms with Crippen molar-refractivity contribution in [2.24, 2.45) is 5.92 Å². The van der Waals surface area contributed by atoms with Crippen LogP contribution in [0.3, 0.4) is 0 Å². The van der Waals surface area contributed by atoms with E-state index < -0.39 is 23.3 Å². The van der Waals surface area contributed by atoms with Gasteiger partial charge in [-0.2, -0.15) is 4.39 Å². The van der Waals surface area contributed by atoms with Crippen LogP contribution in [0.4, 0.5) is 4.39 Å². The first-order valence-corrected chi connectivity index (χ1v) is 4.72. The van der Waals surface area contributed by atoms with E-state index in [2.05, 4.69) is 0 Å². The van der Waals surface area contributed by atoms with Gasteiger partial charge in [0.1, 0.15) is 6.23 Å². The number of halogens is 1. The van der Waals surface area contributed by atoms with E-state index in [1.807, 2.05) is 11.9 Å². The quantitative estimate of drug-likeness (QED) is 0.727. The number of nitrogens with zero attached hydrogens (tertiary/aromatic N) is 1. The maximum absolute atomic E-state index is 13.0. The van der Waals surface area contributed by atoms with Gasteiger partial charge in [-0.3, -0.25) is 14.3 Å². The average molecular weight is 214 g/mol. The molecular formula is C9H11FN2O3. The zero-order chi connectivity index (χ0) is 11.0. The minimum Gasteiger partial charge on any atom is -0.358 e. The number of aromatic amines is 1. The Morgan fingerprint density at radius 1 is 1.60 bits per heavy atom. The maximum atomic E-state index is 13.0. The zero-order valence-corrected chi connectivity index (χ0v) is 8.20. The minimum absolute atomic E-state index is 0.132. The number of nitrogens with one attached hydrogen (secondary N) is 1. The molecule has 0 aromatic carbocycles. The molecule has 1 aromatic heterocycles. The van der Waals surface area contributed by atoms with E-state index >= 15 is 0 Å². The van der Waals surface area contributed by atoms with Crippen LogP contribution in [-0.4, -0.2) is 16.2 Å².